The maximum absolute atomic E-state index is 13.6. The van der Waals surface area contributed by atoms with Gasteiger partial charge in [-0.1, -0.05) is 18.2 Å². The van der Waals surface area contributed by atoms with Gasteiger partial charge in [0.2, 0.25) is 0 Å². The van der Waals surface area contributed by atoms with Crippen LogP contribution in [0, 0.1) is 5.82 Å². The van der Waals surface area contributed by atoms with Crippen molar-refractivity contribution in [1.29, 1.82) is 0 Å². The van der Waals surface area contributed by atoms with Crippen LogP contribution in [0.2, 0.25) is 0 Å². The van der Waals surface area contributed by atoms with Gasteiger partial charge in [0, 0.05) is 0 Å². The predicted octanol–water partition coefficient (Wildman–Crippen LogP) is 1.22. The molecule has 0 amide bonds. The van der Waals surface area contributed by atoms with Crippen molar-refractivity contribution >= 4 is 19.9 Å². The molecule has 1 fully saturated rings. The minimum Gasteiger partial charge on any atom is -0.413 e. The molecule has 30 heavy (non-hydrogen) atoms. The maximum atomic E-state index is 13.6. The van der Waals surface area contributed by atoms with E-state index >= 15 is 0 Å². The van der Waals surface area contributed by atoms with Gasteiger partial charge in [0.25, 0.3) is 0 Å². The molecule has 11 nitrogen and oxygen atoms in total. The molecule has 1 unspecified atom stereocenters. The van der Waals surface area contributed by atoms with E-state index in [1.165, 1.54) is 6.92 Å². The van der Waals surface area contributed by atoms with Gasteiger partial charge in [0.05, 0.1) is 18.8 Å². The fourth-order valence-corrected chi connectivity index (χ4v) is 3.95. The van der Waals surface area contributed by atoms with Crippen LogP contribution in [0.15, 0.2) is 41.3 Å². The van der Waals surface area contributed by atoms with Gasteiger partial charge in [-0.3, -0.25) is 9.09 Å². The molecule has 4 atom stereocenters. The first kappa shape index (κ1) is 22.1. The van der Waals surface area contributed by atoms with E-state index in [-0.39, 0.29) is 19.0 Å². The number of aldehydes is 1. The summed E-state index contributed by atoms with van der Waals surface area (Å²) in [6.45, 7) is 1.00. The largest absolute Gasteiger partial charge is 0.459 e. The number of ether oxygens (including phenoxy) is 2. The minimum atomic E-state index is -3.98. The van der Waals surface area contributed by atoms with Crippen LogP contribution in [-0.4, -0.2) is 41.4 Å². The van der Waals surface area contributed by atoms with Crippen LogP contribution in [0.5, 0.6) is 5.75 Å². The number of rotatable bonds is 9. The molecule has 1 aliphatic rings. The summed E-state index contributed by atoms with van der Waals surface area (Å²) in [7, 11) is -3.98. The van der Waals surface area contributed by atoms with Crippen molar-refractivity contribution in [2.75, 3.05) is 18.9 Å². The van der Waals surface area contributed by atoms with Gasteiger partial charge in [0.1, 0.15) is 18.6 Å². The lowest BCUT2D eigenvalue weighted by atomic mass is 10.3. The number of hydrogen-bond acceptors (Lipinski definition) is 9. The van der Waals surface area contributed by atoms with Crippen molar-refractivity contribution < 1.29 is 32.3 Å². The lowest BCUT2D eigenvalue weighted by molar-refractivity contribution is -0.109. The molecule has 0 bridgehead atoms. The molecular weight excluding hydrogens is 422 g/mol. The zero-order chi connectivity index (χ0) is 21.7. The van der Waals surface area contributed by atoms with Gasteiger partial charge in [-0.05, 0) is 19.1 Å². The first-order chi connectivity index (χ1) is 14.3. The number of nitrogens with zero attached hydrogens (tertiary/aromatic N) is 2. The third-order valence-corrected chi connectivity index (χ3v) is 5.56. The number of hydrogen-bond donors (Lipinski definition) is 2. The van der Waals surface area contributed by atoms with Gasteiger partial charge in [-0.25, -0.2) is 18.8 Å². The Hall–Kier alpha value is -2.63. The SMILES string of the molecule is C[C@@H](C=O)NP(=O)(OC[C@H]1OC[C@@H](n2cc(F)c(N)nc2=O)O1)Oc1ccccc1. The minimum absolute atomic E-state index is 0.110. The number of nitrogens with one attached hydrogen (secondary N) is 1. The lowest BCUT2D eigenvalue weighted by Gasteiger charge is -2.22. The summed E-state index contributed by atoms with van der Waals surface area (Å²) >= 11 is 0. The number of carbonyl (C=O) groups excluding carboxylic acids is 1. The Labute approximate surface area is 170 Å². The Balaban J connectivity index is 1.66. The fourth-order valence-electron chi connectivity index (χ4n) is 2.49. The van der Waals surface area contributed by atoms with Crippen molar-refractivity contribution in [3.63, 3.8) is 0 Å². The fraction of sp³-hybridized carbons (Fsp3) is 0.353. The van der Waals surface area contributed by atoms with E-state index in [1.807, 2.05) is 0 Å². The molecule has 0 radical (unpaired) electrons. The monoisotopic (exact) mass is 442 g/mol. The van der Waals surface area contributed by atoms with Crippen molar-refractivity contribution in [2.24, 2.45) is 0 Å². The second-order valence-corrected chi connectivity index (χ2v) is 7.96. The molecule has 0 saturated carbocycles. The molecule has 1 aromatic heterocycles. The number of halogens is 1. The topological polar surface area (TPSA) is 144 Å². The molecule has 0 aliphatic carbocycles. The highest BCUT2D eigenvalue weighted by atomic mass is 31.2. The molecule has 3 rings (SSSR count). The van der Waals surface area contributed by atoms with Gasteiger partial charge in [0.15, 0.2) is 24.2 Å². The standard InChI is InChI=1S/C17H20FN4O7P/c1-11(8-23)21-30(25,29-12-5-3-2-4-6-12)27-10-15-26-9-14(28-15)22-7-13(18)16(19)20-17(22)24/h2-8,11,14-15H,9-10H2,1H3,(H,21,25)(H2,19,20,24)/t11-,14-,15-,30?/m0/s1. The van der Waals surface area contributed by atoms with Crippen LogP contribution in [0.4, 0.5) is 10.2 Å². The first-order valence-electron chi connectivity index (χ1n) is 8.83. The summed E-state index contributed by atoms with van der Waals surface area (Å²) in [5.74, 6) is -1.15. The Bertz CT molecular complexity index is 990. The molecule has 1 aromatic carbocycles. The zero-order valence-corrected chi connectivity index (χ0v) is 16.7. The van der Waals surface area contributed by atoms with Crippen LogP contribution in [0.25, 0.3) is 0 Å². The molecular formula is C17H20FN4O7P. The van der Waals surface area contributed by atoms with Crippen LogP contribution >= 0.6 is 7.75 Å². The Morgan fingerprint density at radius 1 is 1.47 bits per heavy atom. The number of aromatic nitrogens is 2. The highest BCUT2D eigenvalue weighted by molar-refractivity contribution is 7.52. The van der Waals surface area contributed by atoms with E-state index in [0.717, 1.165) is 10.8 Å². The molecule has 2 heterocycles. The van der Waals surface area contributed by atoms with Crippen LogP contribution < -0.4 is 21.0 Å². The lowest BCUT2D eigenvalue weighted by Crippen LogP contribution is -2.31. The highest BCUT2D eigenvalue weighted by Gasteiger charge is 2.34. The van der Waals surface area contributed by atoms with E-state index in [9.17, 15) is 18.5 Å². The van der Waals surface area contributed by atoms with Crippen molar-refractivity contribution in [2.45, 2.75) is 25.5 Å². The summed E-state index contributed by atoms with van der Waals surface area (Å²) in [4.78, 5) is 26.2. The normalized spacial score (nSPS) is 21.7. The molecule has 0 spiro atoms. The number of anilines is 1. The van der Waals surface area contributed by atoms with E-state index in [2.05, 4.69) is 10.1 Å². The number of nitrogens with two attached hydrogens (primary N) is 1. The quantitative estimate of drug-likeness (QED) is 0.430. The Morgan fingerprint density at radius 2 is 2.20 bits per heavy atom. The zero-order valence-electron chi connectivity index (χ0n) is 15.8. The Morgan fingerprint density at radius 3 is 2.90 bits per heavy atom. The highest BCUT2D eigenvalue weighted by Crippen LogP contribution is 2.45. The second-order valence-electron chi connectivity index (χ2n) is 6.27. The first-order valence-corrected chi connectivity index (χ1v) is 10.4. The second kappa shape index (κ2) is 9.45. The predicted molar refractivity (Wildman–Crippen MR) is 102 cm³/mol. The average molecular weight is 442 g/mol. The average Bonchev–Trinajstić information content (AvgIpc) is 3.18. The third-order valence-electron chi connectivity index (χ3n) is 3.89. The van der Waals surface area contributed by atoms with Gasteiger partial charge in [-0.15, -0.1) is 0 Å². The van der Waals surface area contributed by atoms with E-state index in [4.69, 9.17) is 24.3 Å². The van der Waals surface area contributed by atoms with Crippen LogP contribution in [-0.2, 0) is 23.4 Å². The summed E-state index contributed by atoms with van der Waals surface area (Å²) in [5, 5.41) is 2.48. The number of nitrogen functional groups attached to an aromatic ring is 1. The van der Waals surface area contributed by atoms with Crippen molar-refractivity contribution in [3.8, 4) is 5.75 Å². The third kappa shape index (κ3) is 5.49. The molecule has 2 aromatic rings. The molecule has 1 saturated heterocycles. The maximum Gasteiger partial charge on any atom is 0.459 e. The smallest absolute Gasteiger partial charge is 0.413 e. The van der Waals surface area contributed by atoms with E-state index in [1.54, 1.807) is 30.3 Å². The van der Waals surface area contributed by atoms with Crippen molar-refractivity contribution in [3.05, 3.63) is 52.8 Å². The summed E-state index contributed by atoms with van der Waals surface area (Å²) in [6, 6.07) is 7.41. The number of carbonyl (C=O) groups is 1. The Kier molecular flexibility index (Phi) is 6.95. The summed E-state index contributed by atoms with van der Waals surface area (Å²) in [5.41, 5.74) is 4.44. The summed E-state index contributed by atoms with van der Waals surface area (Å²) < 4.78 is 49.2. The van der Waals surface area contributed by atoms with Crippen LogP contribution in [0.3, 0.4) is 0 Å². The van der Waals surface area contributed by atoms with Crippen LogP contribution in [0.1, 0.15) is 13.2 Å². The van der Waals surface area contributed by atoms with Gasteiger partial charge in [-0.2, -0.15) is 4.98 Å². The molecule has 1 aliphatic heterocycles. The summed E-state index contributed by atoms with van der Waals surface area (Å²) in [6.07, 6.45) is -0.620. The van der Waals surface area contributed by atoms with Crippen molar-refractivity contribution in [1.82, 2.24) is 14.6 Å². The molecule has 162 valence electrons. The van der Waals surface area contributed by atoms with Gasteiger partial charge < -0.3 is 24.5 Å². The van der Waals surface area contributed by atoms with Gasteiger partial charge >= 0.3 is 13.4 Å². The molecule has 13 heteroatoms. The molecule has 3 N–H and O–H groups in total. The van der Waals surface area contributed by atoms with E-state index in [0.29, 0.717) is 6.29 Å². The number of benzene rings is 1. The van der Waals surface area contributed by atoms with E-state index < -0.39 is 43.6 Å². The number of para-hydroxylation sites is 1.